The number of rotatable bonds is 11. The zero-order valence-corrected chi connectivity index (χ0v) is 23.6. The van der Waals surface area contributed by atoms with E-state index in [1.165, 1.54) is 17.0 Å². The van der Waals surface area contributed by atoms with Gasteiger partial charge in [0, 0.05) is 17.1 Å². The quantitative estimate of drug-likeness (QED) is 0.344. The van der Waals surface area contributed by atoms with Crippen molar-refractivity contribution >= 4 is 43.5 Å². The highest BCUT2D eigenvalue weighted by Crippen LogP contribution is 2.24. The lowest BCUT2D eigenvalue weighted by Crippen LogP contribution is -2.52. The first-order valence-electron chi connectivity index (χ1n) is 12.1. The predicted molar refractivity (Wildman–Crippen MR) is 149 cm³/mol. The molecule has 7 nitrogen and oxygen atoms in total. The molecular weight excluding hydrogens is 554 g/mol. The monoisotopic (exact) mass is 585 g/mol. The third-order valence-electron chi connectivity index (χ3n) is 6.09. The molecule has 1 N–H and O–H groups in total. The number of carbonyl (C=O) groups excluding carboxylic acids is 2. The van der Waals surface area contributed by atoms with Gasteiger partial charge in [-0.2, -0.15) is 0 Å². The van der Waals surface area contributed by atoms with Crippen LogP contribution in [0.2, 0.25) is 0 Å². The van der Waals surface area contributed by atoms with Gasteiger partial charge in [-0.1, -0.05) is 71.4 Å². The van der Waals surface area contributed by atoms with E-state index < -0.39 is 28.5 Å². The maximum atomic E-state index is 13.8. The van der Waals surface area contributed by atoms with Crippen LogP contribution in [0.15, 0.2) is 94.3 Å². The van der Waals surface area contributed by atoms with Gasteiger partial charge in [0.2, 0.25) is 11.8 Å². The number of halogens is 1. The zero-order valence-electron chi connectivity index (χ0n) is 21.2. The van der Waals surface area contributed by atoms with Crippen molar-refractivity contribution in [3.05, 3.63) is 95.0 Å². The summed E-state index contributed by atoms with van der Waals surface area (Å²) in [6, 6.07) is 23.1. The van der Waals surface area contributed by atoms with Crippen LogP contribution in [0.4, 0.5) is 5.69 Å². The molecule has 3 aromatic rings. The Morgan fingerprint density at radius 1 is 0.892 bits per heavy atom. The van der Waals surface area contributed by atoms with E-state index in [1.54, 1.807) is 55.5 Å². The molecule has 0 aliphatic carbocycles. The number of amides is 2. The number of sulfonamides is 1. The molecule has 0 spiro atoms. The van der Waals surface area contributed by atoms with Gasteiger partial charge in [-0.05, 0) is 62.2 Å². The molecule has 0 heterocycles. The van der Waals surface area contributed by atoms with Crippen molar-refractivity contribution in [2.24, 2.45) is 0 Å². The number of carbonyl (C=O) groups is 2. The van der Waals surface area contributed by atoms with Crippen molar-refractivity contribution in [2.45, 2.75) is 50.7 Å². The van der Waals surface area contributed by atoms with Crippen LogP contribution in [0.25, 0.3) is 0 Å². The fourth-order valence-electron chi connectivity index (χ4n) is 3.68. The summed E-state index contributed by atoms with van der Waals surface area (Å²) in [7, 11) is -4.05. The molecular formula is C28H32BrN3O4S. The highest BCUT2D eigenvalue weighted by Gasteiger charge is 2.32. The third kappa shape index (κ3) is 7.42. The van der Waals surface area contributed by atoms with Crippen LogP contribution in [0, 0.1) is 0 Å². The zero-order chi connectivity index (χ0) is 27.0. The van der Waals surface area contributed by atoms with E-state index in [0.29, 0.717) is 5.69 Å². The second kappa shape index (κ2) is 12.9. The average Bonchev–Trinajstić information content (AvgIpc) is 2.91. The van der Waals surface area contributed by atoms with E-state index in [0.717, 1.165) is 20.8 Å². The Morgan fingerprint density at radius 2 is 1.46 bits per heavy atom. The Balaban J connectivity index is 1.98. The molecule has 196 valence electrons. The largest absolute Gasteiger partial charge is 0.352 e. The van der Waals surface area contributed by atoms with Gasteiger partial charge in [-0.3, -0.25) is 13.9 Å². The summed E-state index contributed by atoms with van der Waals surface area (Å²) >= 11 is 3.41. The smallest absolute Gasteiger partial charge is 0.264 e. The molecule has 0 radical (unpaired) electrons. The van der Waals surface area contributed by atoms with Gasteiger partial charge in [0.05, 0.1) is 10.6 Å². The highest BCUT2D eigenvalue weighted by atomic mass is 79.9. The first kappa shape index (κ1) is 28.4. The average molecular weight is 587 g/mol. The van der Waals surface area contributed by atoms with Crippen LogP contribution in [-0.4, -0.2) is 43.8 Å². The summed E-state index contributed by atoms with van der Waals surface area (Å²) in [5.74, 6) is -0.782. The predicted octanol–water partition coefficient (Wildman–Crippen LogP) is 4.98. The molecule has 0 bridgehead atoms. The molecule has 3 aromatic carbocycles. The molecule has 2 amide bonds. The number of anilines is 1. The van der Waals surface area contributed by atoms with Gasteiger partial charge < -0.3 is 10.2 Å². The van der Waals surface area contributed by atoms with Crippen molar-refractivity contribution in [3.8, 4) is 0 Å². The van der Waals surface area contributed by atoms with Crippen LogP contribution in [-0.2, 0) is 26.2 Å². The number of nitrogens with one attached hydrogen (secondary N) is 1. The van der Waals surface area contributed by atoms with Gasteiger partial charge in [0.1, 0.15) is 12.6 Å². The molecule has 0 aliphatic rings. The van der Waals surface area contributed by atoms with Crippen LogP contribution in [0.5, 0.6) is 0 Å². The molecule has 0 aliphatic heterocycles. The van der Waals surface area contributed by atoms with Crippen molar-refractivity contribution < 1.29 is 18.0 Å². The number of nitrogens with zero attached hydrogens (tertiary/aromatic N) is 2. The lowest BCUT2D eigenvalue weighted by atomic mass is 10.1. The molecule has 37 heavy (non-hydrogen) atoms. The topological polar surface area (TPSA) is 86.8 Å². The fourth-order valence-corrected chi connectivity index (χ4v) is 5.38. The number of benzene rings is 3. The lowest BCUT2D eigenvalue weighted by molar-refractivity contribution is -0.139. The SMILES string of the molecule is CC[C@H](C)NC(=O)[C@@H](C)N(Cc1ccc(Br)cc1)C(=O)CN(c1ccccc1)S(=O)(=O)c1ccccc1. The van der Waals surface area contributed by atoms with Gasteiger partial charge >= 0.3 is 0 Å². The molecule has 0 saturated heterocycles. The van der Waals surface area contributed by atoms with E-state index in [2.05, 4.69) is 21.2 Å². The maximum absolute atomic E-state index is 13.8. The number of hydrogen-bond donors (Lipinski definition) is 1. The maximum Gasteiger partial charge on any atom is 0.264 e. The van der Waals surface area contributed by atoms with Crippen molar-refractivity contribution in [1.82, 2.24) is 10.2 Å². The summed E-state index contributed by atoms with van der Waals surface area (Å²) in [4.78, 5) is 28.3. The number of para-hydroxylation sites is 1. The van der Waals surface area contributed by atoms with Gasteiger partial charge in [0.25, 0.3) is 10.0 Å². The van der Waals surface area contributed by atoms with Gasteiger partial charge in [-0.15, -0.1) is 0 Å². The van der Waals surface area contributed by atoms with Crippen LogP contribution < -0.4 is 9.62 Å². The van der Waals surface area contributed by atoms with E-state index >= 15 is 0 Å². The Hall–Kier alpha value is -3.17. The molecule has 0 fully saturated rings. The molecule has 2 atom stereocenters. The standard InChI is InChI=1S/C28H32BrN3O4S/c1-4-21(2)30-28(34)22(3)31(19-23-15-17-24(29)18-16-23)27(33)20-32(25-11-7-5-8-12-25)37(35,36)26-13-9-6-10-14-26/h5-18,21-22H,4,19-20H2,1-3H3,(H,30,34)/t21-,22+/m0/s1. The van der Waals surface area contributed by atoms with Gasteiger partial charge in [-0.25, -0.2) is 8.42 Å². The molecule has 0 saturated carbocycles. The van der Waals surface area contributed by atoms with Gasteiger partial charge in [0.15, 0.2) is 0 Å². The van der Waals surface area contributed by atoms with E-state index in [1.807, 2.05) is 38.1 Å². The first-order valence-corrected chi connectivity index (χ1v) is 14.3. The molecule has 9 heteroatoms. The summed E-state index contributed by atoms with van der Waals surface area (Å²) in [5.41, 5.74) is 1.18. The van der Waals surface area contributed by atoms with Crippen LogP contribution in [0.3, 0.4) is 0 Å². The molecule has 3 rings (SSSR count). The Morgan fingerprint density at radius 3 is 2.03 bits per heavy atom. The van der Waals surface area contributed by atoms with Crippen LogP contribution >= 0.6 is 15.9 Å². The van der Waals surface area contributed by atoms with Crippen molar-refractivity contribution in [1.29, 1.82) is 0 Å². The Bertz CT molecular complexity index is 1290. The van der Waals surface area contributed by atoms with Crippen LogP contribution in [0.1, 0.15) is 32.8 Å². The molecule has 0 unspecified atom stereocenters. The van der Waals surface area contributed by atoms with Crippen molar-refractivity contribution in [2.75, 3.05) is 10.8 Å². The Labute approximate surface area is 227 Å². The summed E-state index contributed by atoms with van der Waals surface area (Å²) in [5, 5.41) is 2.93. The summed E-state index contributed by atoms with van der Waals surface area (Å²) < 4.78 is 29.3. The fraction of sp³-hybridized carbons (Fsp3) is 0.286. The number of hydrogen-bond acceptors (Lipinski definition) is 4. The highest BCUT2D eigenvalue weighted by molar-refractivity contribution is 9.10. The van der Waals surface area contributed by atoms with Crippen molar-refractivity contribution in [3.63, 3.8) is 0 Å². The second-order valence-corrected chi connectivity index (χ2v) is 11.6. The first-order chi connectivity index (χ1) is 17.6. The normalized spacial score (nSPS) is 12.9. The minimum absolute atomic E-state index is 0.0566. The van der Waals surface area contributed by atoms with E-state index in [4.69, 9.17) is 0 Å². The van der Waals surface area contributed by atoms with E-state index in [-0.39, 0.29) is 23.4 Å². The molecule has 0 aromatic heterocycles. The summed E-state index contributed by atoms with van der Waals surface area (Å²) in [6.07, 6.45) is 0.746. The minimum Gasteiger partial charge on any atom is -0.352 e. The lowest BCUT2D eigenvalue weighted by Gasteiger charge is -2.32. The summed E-state index contributed by atoms with van der Waals surface area (Å²) in [6.45, 7) is 5.21. The minimum atomic E-state index is -4.05. The Kier molecular flexibility index (Phi) is 9.88. The third-order valence-corrected chi connectivity index (χ3v) is 8.41. The second-order valence-electron chi connectivity index (χ2n) is 8.80. The van der Waals surface area contributed by atoms with E-state index in [9.17, 15) is 18.0 Å².